The molecule has 4 nitrogen and oxygen atoms in total. The highest BCUT2D eigenvalue weighted by Crippen LogP contribution is 2.23. The van der Waals surface area contributed by atoms with Crippen molar-refractivity contribution < 1.29 is 9.21 Å². The maximum Gasteiger partial charge on any atom is 0.220 e. The van der Waals surface area contributed by atoms with E-state index in [0.717, 1.165) is 16.9 Å². The third-order valence-electron chi connectivity index (χ3n) is 4.42. The predicted molar refractivity (Wildman–Crippen MR) is 108 cm³/mol. The molecule has 3 aromatic rings. The Bertz CT molecular complexity index is 901. The first kappa shape index (κ1) is 19.2. The molecule has 0 atom stereocenters. The number of benzene rings is 2. The quantitative estimate of drug-likeness (QED) is 0.597. The Labute approximate surface area is 164 Å². The van der Waals surface area contributed by atoms with Crippen LogP contribution in [0, 0.1) is 0 Å². The number of aryl methyl sites for hydroxylation is 1. The van der Waals surface area contributed by atoms with Gasteiger partial charge in [0.15, 0.2) is 11.7 Å². The second-order valence-corrected chi connectivity index (χ2v) is 7.17. The summed E-state index contributed by atoms with van der Waals surface area (Å²) in [6.45, 7) is 4.74. The zero-order valence-electron chi connectivity index (χ0n) is 15.5. The molecule has 0 aliphatic heterocycles. The van der Waals surface area contributed by atoms with Gasteiger partial charge in [-0.1, -0.05) is 67.9 Å². The summed E-state index contributed by atoms with van der Waals surface area (Å²) >= 11 is 6.09. The van der Waals surface area contributed by atoms with Gasteiger partial charge in [-0.15, -0.1) is 0 Å². The molecule has 2 aromatic carbocycles. The van der Waals surface area contributed by atoms with Crippen molar-refractivity contribution in [1.29, 1.82) is 0 Å². The summed E-state index contributed by atoms with van der Waals surface area (Å²) in [6, 6.07) is 15.7. The zero-order chi connectivity index (χ0) is 19.2. The molecular formula is C22H23ClN2O2. The van der Waals surface area contributed by atoms with Crippen LogP contribution in [0.15, 0.2) is 59.1 Å². The van der Waals surface area contributed by atoms with Gasteiger partial charge in [0.25, 0.3) is 0 Å². The van der Waals surface area contributed by atoms with Gasteiger partial charge in [-0.05, 0) is 23.1 Å². The lowest BCUT2D eigenvalue weighted by molar-refractivity contribution is -0.121. The highest BCUT2D eigenvalue weighted by Gasteiger charge is 2.10. The minimum atomic E-state index is -0.0593. The maximum atomic E-state index is 12.1. The van der Waals surface area contributed by atoms with Crippen molar-refractivity contribution in [3.63, 3.8) is 0 Å². The van der Waals surface area contributed by atoms with Crippen molar-refractivity contribution in [1.82, 2.24) is 10.3 Å². The monoisotopic (exact) mass is 382 g/mol. The van der Waals surface area contributed by atoms with Crippen molar-refractivity contribution in [2.75, 3.05) is 0 Å². The lowest BCUT2D eigenvalue weighted by Crippen LogP contribution is -2.23. The molecule has 3 rings (SSSR count). The van der Waals surface area contributed by atoms with Crippen LogP contribution < -0.4 is 5.32 Å². The number of carbonyl (C=O) groups is 1. The summed E-state index contributed by atoms with van der Waals surface area (Å²) in [5.41, 5.74) is 3.17. The number of amides is 1. The van der Waals surface area contributed by atoms with E-state index in [4.69, 9.17) is 16.0 Å². The molecule has 0 saturated heterocycles. The third kappa shape index (κ3) is 5.20. The van der Waals surface area contributed by atoms with E-state index in [-0.39, 0.29) is 5.91 Å². The van der Waals surface area contributed by atoms with Crippen molar-refractivity contribution in [2.45, 2.75) is 39.2 Å². The van der Waals surface area contributed by atoms with Crippen LogP contribution in [0.25, 0.3) is 11.3 Å². The van der Waals surface area contributed by atoms with E-state index in [1.165, 1.54) is 5.56 Å². The molecule has 0 aliphatic carbocycles. The Hall–Kier alpha value is -2.59. The lowest BCUT2D eigenvalue weighted by atomic mass is 10.0. The van der Waals surface area contributed by atoms with Crippen molar-refractivity contribution in [3.05, 3.63) is 76.8 Å². The Morgan fingerprint density at radius 1 is 1.15 bits per heavy atom. The topological polar surface area (TPSA) is 55.1 Å². The number of aromatic nitrogens is 1. The van der Waals surface area contributed by atoms with Crippen molar-refractivity contribution in [2.24, 2.45) is 0 Å². The summed E-state index contributed by atoms with van der Waals surface area (Å²) < 4.78 is 5.79. The average Bonchev–Trinajstić information content (AvgIpc) is 3.15. The van der Waals surface area contributed by atoms with Crippen LogP contribution in [0.3, 0.4) is 0 Å². The van der Waals surface area contributed by atoms with Crippen LogP contribution in [0.4, 0.5) is 0 Å². The van der Waals surface area contributed by atoms with E-state index >= 15 is 0 Å². The normalized spacial score (nSPS) is 11.0. The molecule has 0 saturated carbocycles. The summed E-state index contributed by atoms with van der Waals surface area (Å²) in [5.74, 6) is 1.71. The van der Waals surface area contributed by atoms with Gasteiger partial charge in [-0.3, -0.25) is 4.79 Å². The molecule has 0 bridgehead atoms. The highest BCUT2D eigenvalue weighted by molar-refractivity contribution is 6.31. The number of oxazole rings is 1. The number of halogens is 1. The maximum absolute atomic E-state index is 12.1. The fourth-order valence-electron chi connectivity index (χ4n) is 2.74. The van der Waals surface area contributed by atoms with Crippen LogP contribution >= 0.6 is 11.6 Å². The molecule has 1 amide bonds. The van der Waals surface area contributed by atoms with Gasteiger partial charge in [0, 0.05) is 30.0 Å². The van der Waals surface area contributed by atoms with Crippen LogP contribution in [0.5, 0.6) is 0 Å². The Balaban J connectivity index is 1.52. The van der Waals surface area contributed by atoms with E-state index in [9.17, 15) is 4.79 Å². The molecule has 0 fully saturated rings. The van der Waals surface area contributed by atoms with Gasteiger partial charge in [0.2, 0.25) is 5.91 Å². The fourth-order valence-corrected chi connectivity index (χ4v) is 2.94. The molecule has 0 radical (unpaired) electrons. The number of hydrogen-bond acceptors (Lipinski definition) is 3. The third-order valence-corrected chi connectivity index (χ3v) is 4.78. The molecule has 140 valence electrons. The Morgan fingerprint density at radius 3 is 2.59 bits per heavy atom. The molecule has 1 heterocycles. The lowest BCUT2D eigenvalue weighted by Gasteiger charge is -2.06. The largest absolute Gasteiger partial charge is 0.441 e. The first-order valence-corrected chi connectivity index (χ1v) is 9.46. The standard InChI is InChI=1S/C22H23ClN2O2/c1-15(2)16-7-9-17(10-8-16)20-14-25-22(27-20)12-11-21(26)24-13-18-5-3-4-6-19(18)23/h3-10,14-15H,11-13H2,1-2H3,(H,24,26). The highest BCUT2D eigenvalue weighted by atomic mass is 35.5. The van der Waals surface area contributed by atoms with Crippen LogP contribution in [-0.2, 0) is 17.8 Å². The minimum absolute atomic E-state index is 0.0593. The average molecular weight is 383 g/mol. The second-order valence-electron chi connectivity index (χ2n) is 6.76. The molecule has 1 aromatic heterocycles. The molecule has 0 unspecified atom stereocenters. The number of hydrogen-bond donors (Lipinski definition) is 1. The zero-order valence-corrected chi connectivity index (χ0v) is 16.3. The van der Waals surface area contributed by atoms with Crippen LogP contribution in [0.2, 0.25) is 5.02 Å². The number of nitrogens with zero attached hydrogens (tertiary/aromatic N) is 1. The van der Waals surface area contributed by atoms with Crippen LogP contribution in [0.1, 0.15) is 43.2 Å². The van der Waals surface area contributed by atoms with E-state index in [2.05, 4.69) is 36.3 Å². The van der Waals surface area contributed by atoms with Gasteiger partial charge >= 0.3 is 0 Å². The summed E-state index contributed by atoms with van der Waals surface area (Å²) in [4.78, 5) is 16.3. The summed E-state index contributed by atoms with van der Waals surface area (Å²) in [6.07, 6.45) is 2.48. The van der Waals surface area contributed by atoms with Crippen molar-refractivity contribution >= 4 is 17.5 Å². The number of carbonyl (C=O) groups excluding carboxylic acids is 1. The Morgan fingerprint density at radius 2 is 1.89 bits per heavy atom. The second kappa shape index (κ2) is 8.87. The van der Waals surface area contributed by atoms with E-state index < -0.39 is 0 Å². The molecule has 0 spiro atoms. The number of nitrogens with one attached hydrogen (secondary N) is 1. The molecule has 0 aliphatic rings. The van der Waals surface area contributed by atoms with Crippen molar-refractivity contribution in [3.8, 4) is 11.3 Å². The molecule has 1 N–H and O–H groups in total. The van der Waals surface area contributed by atoms with Gasteiger partial charge in [-0.2, -0.15) is 0 Å². The van der Waals surface area contributed by atoms with E-state index in [1.807, 2.05) is 36.4 Å². The predicted octanol–water partition coefficient (Wildman–Crippen LogP) is 5.37. The first-order chi connectivity index (χ1) is 13.0. The SMILES string of the molecule is CC(C)c1ccc(-c2cnc(CCC(=O)NCc3ccccc3Cl)o2)cc1. The van der Waals surface area contributed by atoms with Gasteiger partial charge in [-0.25, -0.2) is 4.98 Å². The fraction of sp³-hybridized carbons (Fsp3) is 0.273. The van der Waals surface area contributed by atoms with Crippen LogP contribution in [-0.4, -0.2) is 10.9 Å². The summed E-state index contributed by atoms with van der Waals surface area (Å²) in [5, 5.41) is 3.52. The number of rotatable bonds is 7. The minimum Gasteiger partial charge on any atom is -0.441 e. The van der Waals surface area contributed by atoms with Gasteiger partial charge in [0.05, 0.1) is 6.20 Å². The molecule has 5 heteroatoms. The van der Waals surface area contributed by atoms with Gasteiger partial charge < -0.3 is 9.73 Å². The van der Waals surface area contributed by atoms with Gasteiger partial charge in [0.1, 0.15) is 0 Å². The molecular weight excluding hydrogens is 360 g/mol. The smallest absolute Gasteiger partial charge is 0.220 e. The summed E-state index contributed by atoms with van der Waals surface area (Å²) in [7, 11) is 0. The van der Waals surface area contributed by atoms with E-state index in [1.54, 1.807) is 6.20 Å². The molecule has 27 heavy (non-hydrogen) atoms. The Kier molecular flexibility index (Phi) is 6.30. The first-order valence-electron chi connectivity index (χ1n) is 9.08. The van der Waals surface area contributed by atoms with E-state index in [0.29, 0.717) is 36.2 Å².